The van der Waals surface area contributed by atoms with Gasteiger partial charge in [0, 0.05) is 36.8 Å². The monoisotopic (exact) mass is 429 g/mol. The zero-order valence-electron chi connectivity index (χ0n) is 18.0. The average Bonchev–Trinajstić information content (AvgIpc) is 2.73. The maximum Gasteiger partial charge on any atom is 0.251 e. The van der Waals surface area contributed by atoms with Crippen LogP contribution in [0.2, 0.25) is 5.02 Å². The van der Waals surface area contributed by atoms with Crippen molar-refractivity contribution in [2.24, 2.45) is 4.99 Å². The van der Waals surface area contributed by atoms with Gasteiger partial charge in [-0.1, -0.05) is 35.9 Å². The fourth-order valence-corrected chi connectivity index (χ4v) is 2.92. The molecule has 0 aliphatic rings. The molecule has 2 rings (SSSR count). The molecule has 6 nitrogen and oxygen atoms in total. The molecule has 30 heavy (non-hydrogen) atoms. The Balaban J connectivity index is 1.90. The number of aliphatic imine (C=N–C) groups is 1. The van der Waals surface area contributed by atoms with Gasteiger partial charge in [0.2, 0.25) is 0 Å². The van der Waals surface area contributed by atoms with Gasteiger partial charge in [-0.3, -0.25) is 4.79 Å². The van der Waals surface area contributed by atoms with Crippen molar-refractivity contribution in [2.45, 2.75) is 19.9 Å². The number of amides is 1. The van der Waals surface area contributed by atoms with Crippen molar-refractivity contribution in [3.05, 3.63) is 70.2 Å². The molecule has 0 spiro atoms. The Hall–Kier alpha value is -2.57. The van der Waals surface area contributed by atoms with Gasteiger partial charge in [-0.25, -0.2) is 4.99 Å². The summed E-state index contributed by atoms with van der Waals surface area (Å²) in [5, 5.41) is 10.3. The van der Waals surface area contributed by atoms with E-state index >= 15 is 0 Å². The molecule has 0 fully saturated rings. The van der Waals surface area contributed by atoms with E-state index in [9.17, 15) is 4.79 Å². The largest absolute Gasteiger partial charge is 0.357 e. The van der Waals surface area contributed by atoms with E-state index in [1.54, 1.807) is 0 Å². The summed E-state index contributed by atoms with van der Waals surface area (Å²) < 4.78 is 0. The van der Waals surface area contributed by atoms with Crippen LogP contribution < -0.4 is 16.0 Å². The normalized spacial score (nSPS) is 11.4. The fraction of sp³-hybridized carbons (Fsp3) is 0.391. The average molecular weight is 430 g/mol. The number of guanidine groups is 1. The van der Waals surface area contributed by atoms with Crippen LogP contribution in [0.5, 0.6) is 0 Å². The predicted molar refractivity (Wildman–Crippen MR) is 125 cm³/mol. The van der Waals surface area contributed by atoms with Gasteiger partial charge in [-0.05, 0) is 62.8 Å². The predicted octanol–water partition coefficient (Wildman–Crippen LogP) is 2.93. The molecular weight excluding hydrogens is 398 g/mol. The number of hydrogen-bond acceptors (Lipinski definition) is 3. The summed E-state index contributed by atoms with van der Waals surface area (Å²) in [5.41, 5.74) is 2.86. The Bertz CT molecular complexity index is 821. The summed E-state index contributed by atoms with van der Waals surface area (Å²) in [5.74, 6) is 0.697. The van der Waals surface area contributed by atoms with Crippen LogP contribution in [0.4, 0.5) is 0 Å². The Morgan fingerprint density at radius 1 is 1.00 bits per heavy atom. The first-order valence-electron chi connectivity index (χ1n) is 10.3. The third-order valence-corrected chi connectivity index (χ3v) is 4.67. The molecule has 7 heteroatoms. The van der Waals surface area contributed by atoms with Crippen molar-refractivity contribution < 1.29 is 4.79 Å². The zero-order valence-corrected chi connectivity index (χ0v) is 18.8. The van der Waals surface area contributed by atoms with Crippen molar-refractivity contribution in [1.82, 2.24) is 20.9 Å². The maximum atomic E-state index is 12.3. The summed E-state index contributed by atoms with van der Waals surface area (Å²) >= 11 is 5.93. The number of nitrogens with zero attached hydrogens (tertiary/aromatic N) is 2. The highest BCUT2D eigenvalue weighted by Crippen LogP contribution is 2.10. The highest BCUT2D eigenvalue weighted by molar-refractivity contribution is 6.30. The van der Waals surface area contributed by atoms with Gasteiger partial charge in [0.15, 0.2) is 5.96 Å². The number of benzene rings is 2. The summed E-state index contributed by atoms with van der Waals surface area (Å²) in [6.45, 7) is 5.51. The number of likely N-dealkylation sites (N-methyl/N-ethyl adjacent to an activating group) is 1. The van der Waals surface area contributed by atoms with Crippen LogP contribution in [0, 0.1) is 0 Å². The zero-order chi connectivity index (χ0) is 21.8. The number of carbonyl (C=O) groups excluding carboxylic acids is 1. The van der Waals surface area contributed by atoms with E-state index in [1.807, 2.05) is 74.4 Å². The second-order valence-electron chi connectivity index (χ2n) is 7.26. The minimum Gasteiger partial charge on any atom is -0.357 e. The number of rotatable bonds is 10. The number of hydrogen-bond donors (Lipinski definition) is 3. The van der Waals surface area contributed by atoms with Crippen molar-refractivity contribution in [1.29, 1.82) is 0 Å². The SMILES string of the molecule is CCNC(=NCc1cccc(C(=O)NCCN(C)C)c1)NCCc1ccc(Cl)cc1. The molecule has 0 saturated heterocycles. The van der Waals surface area contributed by atoms with Crippen molar-refractivity contribution >= 4 is 23.5 Å². The summed E-state index contributed by atoms with van der Waals surface area (Å²) in [7, 11) is 3.96. The van der Waals surface area contributed by atoms with Crippen LogP contribution in [-0.4, -0.2) is 57.0 Å². The summed E-state index contributed by atoms with van der Waals surface area (Å²) in [6.07, 6.45) is 0.879. The van der Waals surface area contributed by atoms with Crippen LogP contribution in [0.1, 0.15) is 28.4 Å². The second-order valence-corrected chi connectivity index (χ2v) is 7.69. The van der Waals surface area contributed by atoms with Crippen LogP contribution in [-0.2, 0) is 13.0 Å². The maximum absolute atomic E-state index is 12.3. The third-order valence-electron chi connectivity index (χ3n) is 4.42. The lowest BCUT2D eigenvalue weighted by Crippen LogP contribution is -2.38. The van der Waals surface area contributed by atoms with E-state index < -0.39 is 0 Å². The van der Waals surface area contributed by atoms with E-state index in [4.69, 9.17) is 11.6 Å². The molecule has 2 aromatic carbocycles. The standard InChI is InChI=1S/C23H32ClN5O/c1-4-25-23(27-13-12-18-8-10-21(24)11-9-18)28-17-19-6-5-7-20(16-19)22(30)26-14-15-29(2)3/h5-11,16H,4,12-15,17H2,1-3H3,(H,26,30)(H2,25,27,28). The topological polar surface area (TPSA) is 68.8 Å². The Kier molecular flexibility index (Phi) is 10.2. The van der Waals surface area contributed by atoms with E-state index in [0.29, 0.717) is 18.7 Å². The van der Waals surface area contributed by atoms with E-state index in [0.717, 1.165) is 42.6 Å². The fourth-order valence-electron chi connectivity index (χ4n) is 2.79. The first kappa shape index (κ1) is 23.7. The smallest absolute Gasteiger partial charge is 0.251 e. The molecule has 1 amide bonds. The minimum atomic E-state index is -0.0596. The molecule has 0 radical (unpaired) electrons. The molecule has 0 atom stereocenters. The van der Waals surface area contributed by atoms with E-state index in [2.05, 4.69) is 20.9 Å². The minimum absolute atomic E-state index is 0.0596. The van der Waals surface area contributed by atoms with Gasteiger partial charge in [0.1, 0.15) is 0 Å². The quantitative estimate of drug-likeness (QED) is 0.401. The summed E-state index contributed by atoms with van der Waals surface area (Å²) in [6, 6.07) is 15.5. The van der Waals surface area contributed by atoms with Gasteiger partial charge in [0.25, 0.3) is 5.91 Å². The molecule has 0 bridgehead atoms. The third kappa shape index (κ3) is 8.84. The lowest BCUT2D eigenvalue weighted by molar-refractivity contribution is 0.0951. The second kappa shape index (κ2) is 12.9. The van der Waals surface area contributed by atoms with Gasteiger partial charge in [-0.15, -0.1) is 0 Å². The number of nitrogens with one attached hydrogen (secondary N) is 3. The highest BCUT2D eigenvalue weighted by Gasteiger charge is 2.06. The molecule has 0 unspecified atom stereocenters. The molecule has 162 valence electrons. The molecule has 3 N–H and O–H groups in total. The molecular formula is C23H32ClN5O. The van der Waals surface area contributed by atoms with Gasteiger partial charge in [-0.2, -0.15) is 0 Å². The molecule has 2 aromatic rings. The van der Waals surface area contributed by atoms with E-state index in [1.165, 1.54) is 5.56 Å². The van der Waals surface area contributed by atoms with Gasteiger partial charge < -0.3 is 20.9 Å². The van der Waals surface area contributed by atoms with E-state index in [-0.39, 0.29) is 5.91 Å². The molecule has 0 saturated carbocycles. The number of halogens is 1. The highest BCUT2D eigenvalue weighted by atomic mass is 35.5. The first-order chi connectivity index (χ1) is 14.5. The first-order valence-corrected chi connectivity index (χ1v) is 10.6. The Morgan fingerprint density at radius 2 is 1.77 bits per heavy atom. The number of carbonyl (C=O) groups is 1. The molecule has 0 aromatic heterocycles. The van der Waals surface area contributed by atoms with Crippen molar-refractivity contribution in [2.75, 3.05) is 40.3 Å². The molecule has 0 heterocycles. The Morgan fingerprint density at radius 3 is 2.47 bits per heavy atom. The van der Waals surface area contributed by atoms with Crippen LogP contribution in [0.3, 0.4) is 0 Å². The van der Waals surface area contributed by atoms with Gasteiger partial charge >= 0.3 is 0 Å². The van der Waals surface area contributed by atoms with Crippen LogP contribution >= 0.6 is 11.6 Å². The van der Waals surface area contributed by atoms with Crippen LogP contribution in [0.15, 0.2) is 53.5 Å². The lowest BCUT2D eigenvalue weighted by atomic mass is 10.1. The molecule has 0 aliphatic heterocycles. The Labute approximate surface area is 184 Å². The molecule has 0 aliphatic carbocycles. The van der Waals surface area contributed by atoms with Crippen molar-refractivity contribution in [3.8, 4) is 0 Å². The lowest BCUT2D eigenvalue weighted by Gasteiger charge is -2.12. The van der Waals surface area contributed by atoms with Gasteiger partial charge in [0.05, 0.1) is 6.54 Å². The van der Waals surface area contributed by atoms with Crippen molar-refractivity contribution in [3.63, 3.8) is 0 Å². The summed E-state index contributed by atoms with van der Waals surface area (Å²) in [4.78, 5) is 19.0. The van der Waals surface area contributed by atoms with Crippen LogP contribution in [0.25, 0.3) is 0 Å².